The van der Waals surface area contributed by atoms with Crippen molar-refractivity contribution in [3.63, 3.8) is 0 Å². The van der Waals surface area contributed by atoms with Crippen molar-refractivity contribution in [2.24, 2.45) is 5.92 Å². The third-order valence-corrected chi connectivity index (χ3v) is 4.71. The Morgan fingerprint density at radius 2 is 2.10 bits per heavy atom. The van der Waals surface area contributed by atoms with E-state index in [1.54, 1.807) is 0 Å². The number of hydrogen-bond acceptors (Lipinski definition) is 4. The lowest BCUT2D eigenvalue weighted by molar-refractivity contribution is -0.125. The maximum atomic E-state index is 12.3. The first-order valence-electron chi connectivity index (χ1n) is 7.72. The molecule has 0 spiro atoms. The summed E-state index contributed by atoms with van der Waals surface area (Å²) in [5, 5.41) is 6.56. The van der Waals surface area contributed by atoms with E-state index < -0.39 is 0 Å². The number of carbonyl (C=O) groups is 1. The molecule has 3 aliphatic rings. The molecule has 0 saturated carbocycles. The molecule has 3 aliphatic heterocycles. The van der Waals surface area contributed by atoms with Crippen molar-refractivity contribution >= 4 is 5.91 Å². The lowest BCUT2D eigenvalue weighted by Gasteiger charge is -2.21. The fourth-order valence-electron chi connectivity index (χ4n) is 3.63. The average Bonchev–Trinajstić information content (AvgIpc) is 3.15. The molecule has 2 fully saturated rings. The number of amides is 1. The summed E-state index contributed by atoms with van der Waals surface area (Å²) in [4.78, 5) is 12.3. The van der Waals surface area contributed by atoms with Crippen LogP contribution in [0, 0.1) is 5.92 Å². The Morgan fingerprint density at radius 1 is 1.24 bits per heavy atom. The van der Waals surface area contributed by atoms with Crippen LogP contribution in [0.2, 0.25) is 0 Å². The zero-order valence-corrected chi connectivity index (χ0v) is 11.9. The summed E-state index contributed by atoms with van der Waals surface area (Å²) < 4.78 is 11.1. The Morgan fingerprint density at radius 3 is 2.86 bits per heavy atom. The van der Waals surface area contributed by atoms with Gasteiger partial charge in [-0.2, -0.15) is 0 Å². The standard InChI is InChI=1S/C16H20N2O3/c19-16(12-8-11-2-3-13(12)18-11)17-9-10-1-4-14-15(7-10)21-6-5-20-14/h1,4,7,11-13,18H,2-3,5-6,8-9H2,(H,17,19). The molecule has 5 nitrogen and oxygen atoms in total. The van der Waals surface area contributed by atoms with Crippen LogP contribution >= 0.6 is 0 Å². The summed E-state index contributed by atoms with van der Waals surface area (Å²) in [7, 11) is 0. The average molecular weight is 288 g/mol. The highest BCUT2D eigenvalue weighted by molar-refractivity contribution is 5.80. The Balaban J connectivity index is 1.37. The van der Waals surface area contributed by atoms with Crippen molar-refractivity contribution in [2.75, 3.05) is 13.2 Å². The van der Waals surface area contributed by atoms with Gasteiger partial charge >= 0.3 is 0 Å². The molecule has 3 atom stereocenters. The first-order valence-corrected chi connectivity index (χ1v) is 7.72. The van der Waals surface area contributed by atoms with Crippen LogP contribution < -0.4 is 20.1 Å². The molecule has 2 N–H and O–H groups in total. The Bertz CT molecular complexity index is 560. The van der Waals surface area contributed by atoms with Gasteiger partial charge in [0.15, 0.2) is 11.5 Å². The Hall–Kier alpha value is -1.75. The molecule has 112 valence electrons. The number of fused-ring (bicyclic) bond motifs is 3. The number of hydrogen-bond donors (Lipinski definition) is 2. The molecule has 0 aromatic heterocycles. The van der Waals surface area contributed by atoms with E-state index in [0.717, 1.165) is 29.9 Å². The number of carbonyl (C=O) groups excluding carboxylic acids is 1. The second-order valence-corrected chi connectivity index (χ2v) is 6.09. The van der Waals surface area contributed by atoms with Crippen molar-refractivity contribution in [3.05, 3.63) is 23.8 Å². The fourth-order valence-corrected chi connectivity index (χ4v) is 3.63. The Kier molecular flexibility index (Phi) is 3.22. The van der Waals surface area contributed by atoms with Crippen LogP contribution in [-0.4, -0.2) is 31.2 Å². The monoisotopic (exact) mass is 288 g/mol. The molecule has 5 heteroatoms. The SMILES string of the molecule is O=C(NCc1ccc2c(c1)OCCO2)C1CC2CCC1N2. The Labute approximate surface area is 124 Å². The molecule has 0 aliphatic carbocycles. The van der Waals surface area contributed by atoms with E-state index in [2.05, 4.69) is 10.6 Å². The highest BCUT2D eigenvalue weighted by Crippen LogP contribution is 2.33. The van der Waals surface area contributed by atoms with Crippen LogP contribution in [0.15, 0.2) is 18.2 Å². The molecule has 4 rings (SSSR count). The number of ether oxygens (including phenoxy) is 2. The largest absolute Gasteiger partial charge is 0.486 e. The van der Waals surface area contributed by atoms with Gasteiger partial charge in [0.1, 0.15) is 13.2 Å². The normalized spacial score (nSPS) is 29.4. The van der Waals surface area contributed by atoms with E-state index >= 15 is 0 Å². The molecule has 1 aromatic carbocycles. The lowest BCUT2D eigenvalue weighted by atomic mass is 9.88. The van der Waals surface area contributed by atoms with Crippen LogP contribution in [0.25, 0.3) is 0 Å². The predicted molar refractivity (Wildman–Crippen MR) is 77.3 cm³/mol. The smallest absolute Gasteiger partial charge is 0.225 e. The van der Waals surface area contributed by atoms with Crippen molar-refractivity contribution in [2.45, 2.75) is 37.9 Å². The second-order valence-electron chi connectivity index (χ2n) is 6.09. The molecular weight excluding hydrogens is 268 g/mol. The highest BCUT2D eigenvalue weighted by atomic mass is 16.6. The van der Waals surface area contributed by atoms with E-state index in [-0.39, 0.29) is 11.8 Å². The van der Waals surface area contributed by atoms with Crippen molar-refractivity contribution in [1.82, 2.24) is 10.6 Å². The minimum atomic E-state index is 0.140. The molecule has 3 heterocycles. The minimum absolute atomic E-state index is 0.140. The van der Waals surface area contributed by atoms with E-state index in [9.17, 15) is 4.79 Å². The summed E-state index contributed by atoms with van der Waals surface area (Å²) in [6.45, 7) is 1.73. The first-order chi connectivity index (χ1) is 10.3. The van der Waals surface area contributed by atoms with E-state index in [1.165, 1.54) is 6.42 Å². The third-order valence-electron chi connectivity index (χ3n) is 4.71. The van der Waals surface area contributed by atoms with Gasteiger partial charge in [0.2, 0.25) is 5.91 Å². The van der Waals surface area contributed by atoms with Crippen LogP contribution in [0.4, 0.5) is 0 Å². The highest BCUT2D eigenvalue weighted by Gasteiger charge is 2.42. The zero-order chi connectivity index (χ0) is 14.2. The number of benzene rings is 1. The van der Waals surface area contributed by atoms with Crippen LogP contribution in [-0.2, 0) is 11.3 Å². The molecule has 1 aromatic rings. The van der Waals surface area contributed by atoms with E-state index in [0.29, 0.717) is 31.8 Å². The molecular formula is C16H20N2O3. The summed E-state index contributed by atoms with van der Waals surface area (Å²) in [5.74, 6) is 1.87. The van der Waals surface area contributed by atoms with E-state index in [1.807, 2.05) is 18.2 Å². The van der Waals surface area contributed by atoms with Gasteiger partial charge < -0.3 is 20.1 Å². The third kappa shape index (κ3) is 2.46. The molecule has 2 bridgehead atoms. The summed E-state index contributed by atoms with van der Waals surface area (Å²) >= 11 is 0. The van der Waals surface area contributed by atoms with Gasteiger partial charge in [0, 0.05) is 18.6 Å². The van der Waals surface area contributed by atoms with Crippen molar-refractivity contribution in [3.8, 4) is 11.5 Å². The van der Waals surface area contributed by atoms with Gasteiger partial charge in [-0.15, -0.1) is 0 Å². The molecule has 3 unspecified atom stereocenters. The van der Waals surface area contributed by atoms with Gasteiger partial charge in [-0.3, -0.25) is 4.79 Å². The van der Waals surface area contributed by atoms with Gasteiger partial charge in [0.05, 0.1) is 5.92 Å². The quantitative estimate of drug-likeness (QED) is 0.878. The van der Waals surface area contributed by atoms with Gasteiger partial charge in [-0.25, -0.2) is 0 Å². The lowest BCUT2D eigenvalue weighted by Crippen LogP contribution is -2.37. The maximum Gasteiger partial charge on any atom is 0.225 e. The summed E-state index contributed by atoms with van der Waals surface area (Å²) in [6.07, 6.45) is 3.33. The number of nitrogens with one attached hydrogen (secondary N) is 2. The maximum absolute atomic E-state index is 12.3. The second kappa shape index (κ2) is 5.22. The first kappa shape index (κ1) is 13.0. The van der Waals surface area contributed by atoms with Crippen LogP contribution in [0.3, 0.4) is 0 Å². The van der Waals surface area contributed by atoms with Crippen LogP contribution in [0.1, 0.15) is 24.8 Å². The van der Waals surface area contributed by atoms with E-state index in [4.69, 9.17) is 9.47 Å². The zero-order valence-electron chi connectivity index (χ0n) is 11.9. The molecule has 1 amide bonds. The van der Waals surface area contributed by atoms with Crippen molar-refractivity contribution in [1.29, 1.82) is 0 Å². The predicted octanol–water partition coefficient (Wildman–Crippen LogP) is 1.21. The van der Waals surface area contributed by atoms with Crippen LogP contribution in [0.5, 0.6) is 11.5 Å². The van der Waals surface area contributed by atoms with Crippen molar-refractivity contribution < 1.29 is 14.3 Å². The fraction of sp³-hybridized carbons (Fsp3) is 0.562. The molecule has 2 saturated heterocycles. The summed E-state index contributed by atoms with van der Waals surface area (Å²) in [6, 6.07) is 6.78. The molecule has 0 radical (unpaired) electrons. The van der Waals surface area contributed by atoms with Gasteiger partial charge in [-0.05, 0) is 37.0 Å². The minimum Gasteiger partial charge on any atom is -0.486 e. The summed E-state index contributed by atoms with van der Waals surface area (Å²) in [5.41, 5.74) is 1.05. The van der Waals surface area contributed by atoms with Gasteiger partial charge in [-0.1, -0.05) is 6.07 Å². The van der Waals surface area contributed by atoms with Gasteiger partial charge in [0.25, 0.3) is 0 Å². The topological polar surface area (TPSA) is 59.6 Å². The number of rotatable bonds is 3. The molecule has 21 heavy (non-hydrogen) atoms.